The number of nitrogens with zero attached hydrogens (tertiary/aromatic N) is 3. The fourth-order valence-corrected chi connectivity index (χ4v) is 3.49. The molecule has 4 rings (SSSR count). The number of benzene rings is 2. The van der Waals surface area contributed by atoms with Crippen LogP contribution in [0.15, 0.2) is 54.6 Å². The third kappa shape index (κ3) is 4.54. The van der Waals surface area contributed by atoms with Crippen LogP contribution in [0.2, 0.25) is 0 Å². The first-order valence-corrected chi connectivity index (χ1v) is 9.83. The molecule has 3 aromatic rings. The topological polar surface area (TPSA) is 94.8 Å². The van der Waals surface area contributed by atoms with E-state index in [0.29, 0.717) is 54.2 Å². The largest absolute Gasteiger partial charge is 0.497 e. The van der Waals surface area contributed by atoms with E-state index in [1.807, 2.05) is 6.07 Å². The van der Waals surface area contributed by atoms with Crippen LogP contribution in [0.1, 0.15) is 16.1 Å². The van der Waals surface area contributed by atoms with Crippen LogP contribution in [0.5, 0.6) is 5.75 Å². The lowest BCUT2D eigenvalue weighted by atomic mass is 10.1. The van der Waals surface area contributed by atoms with Crippen LogP contribution in [-0.4, -0.2) is 49.1 Å². The van der Waals surface area contributed by atoms with Crippen molar-refractivity contribution in [3.8, 4) is 5.75 Å². The molecule has 0 bridgehead atoms. The minimum atomic E-state index is -0.413. The Balaban J connectivity index is 1.70. The highest BCUT2D eigenvalue weighted by Gasteiger charge is 2.18. The maximum Gasteiger partial charge on any atom is 0.270 e. The molecule has 8 nitrogen and oxygen atoms in total. The molecular formula is C23H21N3O5. The SMILES string of the molecule is COc1ccc(C(=O)C=Cc2cc(N3CCOCC3)c3cc([N+](=O)[O-])ccc3n2)cc1. The van der Waals surface area contributed by atoms with Gasteiger partial charge in [-0.3, -0.25) is 14.9 Å². The van der Waals surface area contributed by atoms with E-state index < -0.39 is 4.92 Å². The van der Waals surface area contributed by atoms with E-state index in [1.54, 1.807) is 49.6 Å². The lowest BCUT2D eigenvalue weighted by Crippen LogP contribution is -2.36. The number of ether oxygens (including phenoxy) is 2. The van der Waals surface area contributed by atoms with Gasteiger partial charge in [0.05, 0.1) is 36.5 Å². The van der Waals surface area contributed by atoms with Crippen molar-refractivity contribution >= 4 is 34.1 Å². The number of methoxy groups -OCH3 is 1. The third-order valence-corrected chi connectivity index (χ3v) is 5.13. The minimum Gasteiger partial charge on any atom is -0.497 e. The summed E-state index contributed by atoms with van der Waals surface area (Å²) >= 11 is 0. The van der Waals surface area contributed by atoms with Gasteiger partial charge in [0.15, 0.2) is 5.78 Å². The second-order valence-electron chi connectivity index (χ2n) is 7.05. The molecule has 0 amide bonds. The highest BCUT2D eigenvalue weighted by atomic mass is 16.6. The van der Waals surface area contributed by atoms with E-state index in [1.165, 1.54) is 12.1 Å². The Labute approximate surface area is 178 Å². The van der Waals surface area contributed by atoms with Gasteiger partial charge in [-0.05, 0) is 48.6 Å². The molecule has 0 atom stereocenters. The molecule has 2 aromatic carbocycles. The summed E-state index contributed by atoms with van der Waals surface area (Å²) in [4.78, 5) is 30.1. The molecule has 31 heavy (non-hydrogen) atoms. The van der Waals surface area contributed by atoms with Crippen LogP contribution in [0.25, 0.3) is 17.0 Å². The van der Waals surface area contributed by atoms with Crippen LogP contribution in [0.4, 0.5) is 11.4 Å². The number of carbonyl (C=O) groups excluding carboxylic acids is 1. The zero-order valence-electron chi connectivity index (χ0n) is 17.0. The molecule has 0 unspecified atom stereocenters. The summed E-state index contributed by atoms with van der Waals surface area (Å²) in [6, 6.07) is 13.4. The molecule has 0 N–H and O–H groups in total. The number of nitro benzene ring substituents is 1. The van der Waals surface area contributed by atoms with Gasteiger partial charge in [-0.2, -0.15) is 0 Å². The number of hydrogen-bond donors (Lipinski definition) is 0. The minimum absolute atomic E-state index is 0.0155. The summed E-state index contributed by atoms with van der Waals surface area (Å²) in [6.45, 7) is 2.52. The summed E-state index contributed by atoms with van der Waals surface area (Å²) in [7, 11) is 1.57. The highest BCUT2D eigenvalue weighted by molar-refractivity contribution is 6.07. The summed E-state index contributed by atoms with van der Waals surface area (Å²) in [6.07, 6.45) is 3.14. The highest BCUT2D eigenvalue weighted by Crippen LogP contribution is 2.31. The monoisotopic (exact) mass is 419 g/mol. The zero-order valence-corrected chi connectivity index (χ0v) is 17.0. The van der Waals surface area contributed by atoms with Gasteiger partial charge in [-0.1, -0.05) is 0 Å². The van der Waals surface area contributed by atoms with Gasteiger partial charge in [0.1, 0.15) is 5.75 Å². The molecule has 0 aliphatic carbocycles. The van der Waals surface area contributed by atoms with Crippen molar-refractivity contribution in [2.45, 2.75) is 0 Å². The quantitative estimate of drug-likeness (QED) is 0.259. The van der Waals surface area contributed by atoms with Gasteiger partial charge in [0.2, 0.25) is 0 Å². The Hall–Kier alpha value is -3.78. The Morgan fingerprint density at radius 1 is 1.16 bits per heavy atom. The molecule has 1 aromatic heterocycles. The first-order valence-electron chi connectivity index (χ1n) is 9.83. The van der Waals surface area contributed by atoms with Gasteiger partial charge < -0.3 is 14.4 Å². The van der Waals surface area contributed by atoms with Gasteiger partial charge in [0, 0.05) is 41.9 Å². The summed E-state index contributed by atoms with van der Waals surface area (Å²) in [5.74, 6) is 0.530. The van der Waals surface area contributed by atoms with Crippen molar-refractivity contribution in [1.29, 1.82) is 0 Å². The molecule has 2 heterocycles. The van der Waals surface area contributed by atoms with E-state index in [-0.39, 0.29) is 11.5 Å². The van der Waals surface area contributed by atoms with Crippen LogP contribution in [0, 0.1) is 10.1 Å². The predicted molar refractivity (Wildman–Crippen MR) is 118 cm³/mol. The first-order chi connectivity index (χ1) is 15.0. The second kappa shape index (κ2) is 8.93. The van der Waals surface area contributed by atoms with E-state index in [4.69, 9.17) is 9.47 Å². The average molecular weight is 419 g/mol. The van der Waals surface area contributed by atoms with Gasteiger partial charge >= 0.3 is 0 Å². The number of anilines is 1. The summed E-state index contributed by atoms with van der Waals surface area (Å²) < 4.78 is 10.6. The van der Waals surface area contributed by atoms with Crippen LogP contribution in [-0.2, 0) is 4.74 Å². The molecule has 0 radical (unpaired) electrons. The van der Waals surface area contributed by atoms with Crippen LogP contribution >= 0.6 is 0 Å². The molecule has 8 heteroatoms. The Morgan fingerprint density at radius 3 is 2.58 bits per heavy atom. The Morgan fingerprint density at radius 2 is 1.90 bits per heavy atom. The second-order valence-corrected chi connectivity index (χ2v) is 7.05. The number of aromatic nitrogens is 1. The maximum atomic E-state index is 12.5. The van der Waals surface area contributed by atoms with Crippen molar-refractivity contribution < 1.29 is 19.2 Å². The number of pyridine rings is 1. The lowest BCUT2D eigenvalue weighted by Gasteiger charge is -2.30. The van der Waals surface area contributed by atoms with Crippen LogP contribution in [0.3, 0.4) is 0 Å². The molecule has 1 fully saturated rings. The van der Waals surface area contributed by atoms with Crippen molar-refractivity contribution in [3.05, 3.63) is 76.0 Å². The lowest BCUT2D eigenvalue weighted by molar-refractivity contribution is -0.384. The third-order valence-electron chi connectivity index (χ3n) is 5.13. The molecule has 0 spiro atoms. The van der Waals surface area contributed by atoms with E-state index in [9.17, 15) is 14.9 Å². The number of allylic oxidation sites excluding steroid dienone is 1. The fraction of sp³-hybridized carbons (Fsp3) is 0.217. The van der Waals surface area contributed by atoms with E-state index >= 15 is 0 Å². The molecule has 0 saturated carbocycles. The van der Waals surface area contributed by atoms with Gasteiger partial charge in [-0.15, -0.1) is 0 Å². The predicted octanol–water partition coefficient (Wildman–Crippen LogP) is 3.88. The zero-order chi connectivity index (χ0) is 21.8. The maximum absolute atomic E-state index is 12.5. The number of nitro groups is 1. The number of rotatable bonds is 6. The van der Waals surface area contributed by atoms with E-state index in [2.05, 4.69) is 9.88 Å². The number of ketones is 1. The Bertz CT molecular complexity index is 1150. The molecule has 1 aliphatic heterocycles. The number of non-ortho nitro benzene ring substituents is 1. The number of fused-ring (bicyclic) bond motifs is 1. The molecular weight excluding hydrogens is 398 g/mol. The van der Waals surface area contributed by atoms with Crippen molar-refractivity contribution in [3.63, 3.8) is 0 Å². The van der Waals surface area contributed by atoms with Crippen molar-refractivity contribution in [2.24, 2.45) is 0 Å². The number of morpholine rings is 1. The average Bonchev–Trinajstić information content (AvgIpc) is 2.82. The molecule has 158 valence electrons. The Kier molecular flexibility index (Phi) is 5.90. The smallest absolute Gasteiger partial charge is 0.270 e. The summed E-state index contributed by atoms with van der Waals surface area (Å²) in [5.41, 5.74) is 2.63. The van der Waals surface area contributed by atoms with Gasteiger partial charge in [-0.25, -0.2) is 4.98 Å². The van der Waals surface area contributed by atoms with Gasteiger partial charge in [0.25, 0.3) is 5.69 Å². The van der Waals surface area contributed by atoms with Crippen molar-refractivity contribution in [2.75, 3.05) is 38.3 Å². The number of carbonyl (C=O) groups is 1. The standard InChI is InChI=1S/C23H21N3O5/c1-30-19-6-2-16(3-7-19)23(27)9-4-17-14-22(25-10-12-31-13-11-25)20-15-18(26(28)29)5-8-21(20)24-17/h2-9,14-15H,10-13H2,1H3. The molecule has 1 aliphatic rings. The van der Waals surface area contributed by atoms with Crippen molar-refractivity contribution in [1.82, 2.24) is 4.98 Å². The number of hydrogen-bond acceptors (Lipinski definition) is 7. The first kappa shape index (κ1) is 20.5. The van der Waals surface area contributed by atoms with Crippen LogP contribution < -0.4 is 9.64 Å². The van der Waals surface area contributed by atoms with E-state index in [0.717, 1.165) is 5.69 Å². The summed E-state index contributed by atoms with van der Waals surface area (Å²) in [5, 5.41) is 12.0. The molecule has 1 saturated heterocycles. The normalized spacial score (nSPS) is 14.2. The fourth-order valence-electron chi connectivity index (χ4n) is 3.49.